The van der Waals surface area contributed by atoms with Crippen LogP contribution in [0.3, 0.4) is 0 Å². The molecule has 1 aliphatic carbocycles. The number of anilines is 1. The molecule has 1 heterocycles. The van der Waals surface area contributed by atoms with Crippen molar-refractivity contribution >= 4 is 5.69 Å². The molecule has 3 nitrogen and oxygen atoms in total. The maximum Gasteiger partial charge on any atom is 0.331 e. The van der Waals surface area contributed by atoms with Gasteiger partial charge in [0, 0.05) is 13.0 Å². The quantitative estimate of drug-likeness (QED) is 0.603. The van der Waals surface area contributed by atoms with Crippen LogP contribution in [0.25, 0.3) is 0 Å². The average Bonchev–Trinajstić information content (AvgIpc) is 3.02. The van der Waals surface area contributed by atoms with Gasteiger partial charge >= 0.3 is 5.92 Å². The van der Waals surface area contributed by atoms with E-state index in [0.29, 0.717) is 30.7 Å². The van der Waals surface area contributed by atoms with Crippen molar-refractivity contribution in [2.75, 3.05) is 11.4 Å². The minimum atomic E-state index is -3.40. The molecule has 1 aromatic carbocycles. The highest BCUT2D eigenvalue weighted by atomic mass is 19.3. The van der Waals surface area contributed by atoms with Gasteiger partial charge in [-0.1, -0.05) is 50.8 Å². The average molecular weight is 379 g/mol. The summed E-state index contributed by atoms with van der Waals surface area (Å²) in [6, 6.07) is 7.14. The van der Waals surface area contributed by atoms with Crippen LogP contribution in [0.15, 0.2) is 36.9 Å². The highest BCUT2D eigenvalue weighted by molar-refractivity contribution is 5.65. The van der Waals surface area contributed by atoms with Crippen LogP contribution in [0.4, 0.5) is 14.5 Å². The minimum absolute atomic E-state index is 0.156. The van der Waals surface area contributed by atoms with Gasteiger partial charge in [-0.2, -0.15) is 8.78 Å². The van der Waals surface area contributed by atoms with E-state index < -0.39 is 17.8 Å². The molecule has 1 aromatic rings. The summed E-state index contributed by atoms with van der Waals surface area (Å²) in [6.45, 7) is 5.97. The van der Waals surface area contributed by atoms with E-state index in [0.717, 1.165) is 25.7 Å². The molecule has 2 unspecified atom stereocenters. The summed E-state index contributed by atoms with van der Waals surface area (Å²) in [5.41, 5.74) is -1.23. The molecule has 1 fully saturated rings. The number of unbranched alkanes of at least 4 members (excludes halogenated alkanes) is 1. The first-order valence-electron chi connectivity index (χ1n) is 10.2. The van der Waals surface area contributed by atoms with Gasteiger partial charge in [-0.25, -0.2) is 0 Å². The Labute approximate surface area is 161 Å². The molecule has 0 radical (unpaired) electrons. The Morgan fingerprint density at radius 3 is 2.70 bits per heavy atom. The molecule has 150 valence electrons. The zero-order valence-electron chi connectivity index (χ0n) is 16.2. The predicted molar refractivity (Wildman–Crippen MR) is 104 cm³/mol. The monoisotopic (exact) mass is 379 g/mol. The van der Waals surface area contributed by atoms with E-state index >= 15 is 8.78 Å². The Morgan fingerprint density at radius 1 is 1.33 bits per heavy atom. The molecule has 0 saturated heterocycles. The van der Waals surface area contributed by atoms with Crippen LogP contribution < -0.4 is 9.64 Å². The van der Waals surface area contributed by atoms with Gasteiger partial charge in [0.25, 0.3) is 0 Å². The van der Waals surface area contributed by atoms with Gasteiger partial charge in [0.15, 0.2) is 0 Å². The molecule has 2 aliphatic rings. The third-order valence-electron chi connectivity index (χ3n) is 6.04. The molecule has 0 bridgehead atoms. The van der Waals surface area contributed by atoms with E-state index in [1.54, 1.807) is 29.2 Å². The predicted octanol–water partition coefficient (Wildman–Crippen LogP) is 5.53. The van der Waals surface area contributed by atoms with Crippen LogP contribution in [0, 0.1) is 5.92 Å². The number of ether oxygens (including phenoxy) is 1. The fourth-order valence-corrected chi connectivity index (χ4v) is 4.57. The molecule has 1 N–H and O–H groups in total. The Balaban J connectivity index is 2.01. The first kappa shape index (κ1) is 20.1. The summed E-state index contributed by atoms with van der Waals surface area (Å²) >= 11 is 0. The van der Waals surface area contributed by atoms with E-state index in [1.165, 1.54) is 0 Å². The summed E-state index contributed by atoms with van der Waals surface area (Å²) in [5.74, 6) is -3.33. The molecular formula is C22H31F2NO2. The van der Waals surface area contributed by atoms with Gasteiger partial charge in [-0.3, -0.25) is 0 Å². The lowest BCUT2D eigenvalue weighted by atomic mass is 9.79. The maximum absolute atomic E-state index is 16.0. The van der Waals surface area contributed by atoms with E-state index in [-0.39, 0.29) is 18.9 Å². The minimum Gasteiger partial charge on any atom is -0.459 e. The second-order valence-corrected chi connectivity index (χ2v) is 7.82. The Morgan fingerprint density at radius 2 is 2.04 bits per heavy atom. The van der Waals surface area contributed by atoms with Gasteiger partial charge in [-0.15, -0.1) is 6.58 Å². The van der Waals surface area contributed by atoms with Gasteiger partial charge in [0.1, 0.15) is 11.9 Å². The highest BCUT2D eigenvalue weighted by Gasteiger charge is 2.66. The summed E-state index contributed by atoms with van der Waals surface area (Å²) in [5, 5.41) is 10.8. The molecule has 3 rings (SSSR count). The molecule has 1 aliphatic heterocycles. The summed E-state index contributed by atoms with van der Waals surface area (Å²) in [7, 11) is 0. The van der Waals surface area contributed by atoms with E-state index in [9.17, 15) is 5.11 Å². The zero-order chi connectivity index (χ0) is 19.5. The van der Waals surface area contributed by atoms with Crippen molar-refractivity contribution in [3.63, 3.8) is 0 Å². The van der Waals surface area contributed by atoms with Crippen molar-refractivity contribution in [1.29, 1.82) is 0 Å². The Kier molecular flexibility index (Phi) is 6.09. The molecule has 0 aromatic heterocycles. The fourth-order valence-electron chi connectivity index (χ4n) is 4.57. The fraction of sp³-hybridized carbons (Fsp3) is 0.636. The number of nitrogens with zero attached hydrogens (tertiary/aromatic N) is 1. The largest absolute Gasteiger partial charge is 0.459 e. The molecule has 27 heavy (non-hydrogen) atoms. The number of aliphatic hydroxyl groups excluding tert-OH is 1. The first-order chi connectivity index (χ1) is 13.0. The van der Waals surface area contributed by atoms with Crippen molar-refractivity contribution in [2.24, 2.45) is 5.92 Å². The van der Waals surface area contributed by atoms with Gasteiger partial charge in [0.05, 0.1) is 5.69 Å². The number of aliphatic hydroxyl groups is 1. The molecule has 0 spiro atoms. The van der Waals surface area contributed by atoms with Crippen LogP contribution in [0.1, 0.15) is 58.3 Å². The number of alkyl halides is 2. The lowest BCUT2D eigenvalue weighted by Crippen LogP contribution is -2.67. The SMILES string of the molecule is C=CCN1c2ccccc2OC1(CCCC)C(F)(F)C(O)C1CCCCC1. The Hall–Kier alpha value is -1.62. The number of fused-ring (bicyclic) bond motifs is 1. The van der Waals surface area contributed by atoms with Crippen molar-refractivity contribution in [3.05, 3.63) is 36.9 Å². The number of benzene rings is 1. The summed E-state index contributed by atoms with van der Waals surface area (Å²) < 4.78 is 38.0. The van der Waals surface area contributed by atoms with E-state index in [1.807, 2.05) is 13.0 Å². The third kappa shape index (κ3) is 3.46. The number of rotatable bonds is 8. The first-order valence-corrected chi connectivity index (χ1v) is 10.2. The van der Waals surface area contributed by atoms with Gasteiger partial charge < -0.3 is 14.7 Å². The van der Waals surface area contributed by atoms with Crippen LogP contribution in [-0.4, -0.2) is 29.4 Å². The van der Waals surface area contributed by atoms with Crippen molar-refractivity contribution < 1.29 is 18.6 Å². The molecule has 5 heteroatoms. The lowest BCUT2D eigenvalue weighted by molar-refractivity contribution is -0.231. The normalized spacial score (nSPS) is 24.4. The van der Waals surface area contributed by atoms with Crippen LogP contribution >= 0.6 is 0 Å². The topological polar surface area (TPSA) is 32.7 Å². The standard InChI is InChI=1S/C22H31F2NO2/c1-3-5-15-21(22(23,24)20(26)17-11-7-6-8-12-17)25(16-4-2)18-13-9-10-14-19(18)27-21/h4,9-10,13-14,17,20,26H,2-3,5-8,11-12,15-16H2,1H3. The molecule has 1 saturated carbocycles. The summed E-state index contributed by atoms with van der Waals surface area (Å²) in [4.78, 5) is 1.61. The van der Waals surface area contributed by atoms with Crippen LogP contribution in [0.5, 0.6) is 5.75 Å². The maximum atomic E-state index is 16.0. The van der Waals surface area contributed by atoms with Crippen molar-refractivity contribution in [1.82, 2.24) is 0 Å². The second kappa shape index (κ2) is 8.17. The highest BCUT2D eigenvalue weighted by Crippen LogP contribution is 2.53. The number of hydrogen-bond acceptors (Lipinski definition) is 3. The van der Waals surface area contributed by atoms with Gasteiger partial charge in [-0.05, 0) is 37.3 Å². The van der Waals surface area contributed by atoms with Gasteiger partial charge in [0.2, 0.25) is 5.72 Å². The van der Waals surface area contributed by atoms with Crippen molar-refractivity contribution in [2.45, 2.75) is 76.0 Å². The van der Waals surface area contributed by atoms with E-state index in [4.69, 9.17) is 4.74 Å². The Bertz CT molecular complexity index is 645. The number of para-hydroxylation sites is 2. The van der Waals surface area contributed by atoms with Crippen molar-refractivity contribution in [3.8, 4) is 5.75 Å². The molecule has 2 atom stereocenters. The van der Waals surface area contributed by atoms with Crippen LogP contribution in [0.2, 0.25) is 0 Å². The lowest BCUT2D eigenvalue weighted by Gasteiger charge is -2.46. The molecule has 0 amide bonds. The third-order valence-corrected chi connectivity index (χ3v) is 6.04. The number of halogens is 2. The second-order valence-electron chi connectivity index (χ2n) is 7.82. The summed E-state index contributed by atoms with van der Waals surface area (Å²) in [6.07, 6.45) is 5.58. The number of hydrogen-bond donors (Lipinski definition) is 1. The van der Waals surface area contributed by atoms with E-state index in [2.05, 4.69) is 6.58 Å². The molecular weight excluding hydrogens is 348 g/mol. The zero-order valence-corrected chi connectivity index (χ0v) is 16.2. The smallest absolute Gasteiger partial charge is 0.331 e. The van der Waals surface area contributed by atoms with Crippen LogP contribution in [-0.2, 0) is 0 Å².